The van der Waals surface area contributed by atoms with Gasteiger partial charge in [0.25, 0.3) is 5.91 Å². The van der Waals surface area contributed by atoms with Crippen molar-refractivity contribution < 1.29 is 21.6 Å². The molecule has 1 N–H and O–H groups in total. The molecule has 3 rings (SSSR count). The van der Waals surface area contributed by atoms with Gasteiger partial charge in [-0.15, -0.1) is 0 Å². The average molecular weight is 459 g/mol. The number of carbonyl (C=O) groups excluding carboxylic acids is 1. The van der Waals surface area contributed by atoms with Gasteiger partial charge in [-0.2, -0.15) is 0 Å². The van der Waals surface area contributed by atoms with Crippen LogP contribution in [0.25, 0.3) is 0 Å². The van der Waals surface area contributed by atoms with Gasteiger partial charge in [0, 0.05) is 19.7 Å². The summed E-state index contributed by atoms with van der Waals surface area (Å²) in [5, 5.41) is 2.62. The van der Waals surface area contributed by atoms with Crippen LogP contribution in [0.15, 0.2) is 88.7 Å². The number of amides is 1. The number of nitrogens with one attached hydrogen (secondary N) is 1. The molecule has 0 bridgehead atoms. The second-order valence-electron chi connectivity index (χ2n) is 7.01. The van der Waals surface area contributed by atoms with Crippen LogP contribution in [0, 0.1) is 0 Å². The second-order valence-corrected chi connectivity index (χ2v) is 11.1. The Kier molecular flexibility index (Phi) is 6.59. The van der Waals surface area contributed by atoms with E-state index >= 15 is 0 Å². The minimum atomic E-state index is -3.74. The van der Waals surface area contributed by atoms with Crippen molar-refractivity contribution in [2.24, 2.45) is 0 Å². The number of hydrogen-bond acceptors (Lipinski definition) is 5. The predicted octanol–water partition coefficient (Wildman–Crippen LogP) is 3.16. The molecule has 0 aliphatic carbocycles. The Hall–Kier alpha value is -3.01. The molecule has 3 aromatic carbocycles. The minimum absolute atomic E-state index is 0.0149. The lowest BCUT2D eigenvalue weighted by Crippen LogP contribution is -2.24. The standard InChI is InChI=1S/C22H22N2O5S2/c1-24(2)31(28,29)21-11-7-6-10-20(21)23-22(25)18-14-12-17(13-15-18)16-30(26,27)19-8-4-3-5-9-19/h3-15H,16H2,1-2H3,(H,23,25). The fourth-order valence-corrected chi connectivity index (χ4v) is 5.28. The van der Waals surface area contributed by atoms with E-state index in [0.717, 1.165) is 4.31 Å². The van der Waals surface area contributed by atoms with E-state index in [0.29, 0.717) is 5.56 Å². The summed E-state index contributed by atoms with van der Waals surface area (Å²) in [7, 11) is -4.41. The average Bonchev–Trinajstić information content (AvgIpc) is 2.75. The van der Waals surface area contributed by atoms with Crippen LogP contribution < -0.4 is 5.32 Å². The fourth-order valence-electron chi connectivity index (χ4n) is 2.87. The van der Waals surface area contributed by atoms with Crippen LogP contribution in [0.2, 0.25) is 0 Å². The Bertz CT molecular complexity index is 1290. The molecule has 1 amide bonds. The SMILES string of the molecule is CN(C)S(=O)(=O)c1ccccc1NC(=O)c1ccc(CS(=O)(=O)c2ccccc2)cc1. The Morgan fingerprint density at radius 3 is 2.00 bits per heavy atom. The van der Waals surface area contributed by atoms with E-state index in [2.05, 4.69) is 5.32 Å². The van der Waals surface area contributed by atoms with E-state index < -0.39 is 25.8 Å². The summed E-state index contributed by atoms with van der Waals surface area (Å²) in [5.41, 5.74) is 0.978. The summed E-state index contributed by atoms with van der Waals surface area (Å²) in [6.07, 6.45) is 0. The molecule has 31 heavy (non-hydrogen) atoms. The fraction of sp³-hybridized carbons (Fsp3) is 0.136. The van der Waals surface area contributed by atoms with Gasteiger partial charge in [-0.05, 0) is 42.0 Å². The van der Waals surface area contributed by atoms with E-state index in [1.54, 1.807) is 42.5 Å². The molecule has 0 saturated heterocycles. The lowest BCUT2D eigenvalue weighted by molar-refractivity contribution is 0.102. The number of sulfonamides is 1. The molecule has 0 saturated carbocycles. The zero-order valence-electron chi connectivity index (χ0n) is 17.0. The first-order valence-corrected chi connectivity index (χ1v) is 12.4. The van der Waals surface area contributed by atoms with E-state index in [1.165, 1.54) is 50.5 Å². The zero-order valence-corrected chi connectivity index (χ0v) is 18.7. The van der Waals surface area contributed by atoms with Crippen molar-refractivity contribution in [2.75, 3.05) is 19.4 Å². The highest BCUT2D eigenvalue weighted by Crippen LogP contribution is 2.24. The van der Waals surface area contributed by atoms with Crippen LogP contribution in [0.5, 0.6) is 0 Å². The smallest absolute Gasteiger partial charge is 0.255 e. The highest BCUT2D eigenvalue weighted by Gasteiger charge is 2.22. The lowest BCUT2D eigenvalue weighted by atomic mass is 10.1. The van der Waals surface area contributed by atoms with Gasteiger partial charge in [-0.3, -0.25) is 4.79 Å². The zero-order chi connectivity index (χ0) is 22.6. The predicted molar refractivity (Wildman–Crippen MR) is 119 cm³/mol. The van der Waals surface area contributed by atoms with Crippen LogP contribution in [0.4, 0.5) is 5.69 Å². The van der Waals surface area contributed by atoms with Crippen LogP contribution in [0.3, 0.4) is 0 Å². The number of hydrogen-bond donors (Lipinski definition) is 1. The summed E-state index contributed by atoms with van der Waals surface area (Å²) < 4.78 is 51.1. The molecule has 0 heterocycles. The Morgan fingerprint density at radius 1 is 0.806 bits per heavy atom. The first-order valence-electron chi connectivity index (χ1n) is 9.31. The monoisotopic (exact) mass is 458 g/mol. The highest BCUT2D eigenvalue weighted by atomic mass is 32.2. The second kappa shape index (κ2) is 9.01. The molecule has 0 atom stereocenters. The molecule has 0 radical (unpaired) electrons. The van der Waals surface area contributed by atoms with E-state index in [-0.39, 0.29) is 26.8 Å². The van der Waals surface area contributed by atoms with Crippen LogP contribution in [-0.4, -0.2) is 41.1 Å². The van der Waals surface area contributed by atoms with Crippen molar-refractivity contribution in [1.29, 1.82) is 0 Å². The number of anilines is 1. The van der Waals surface area contributed by atoms with Gasteiger partial charge >= 0.3 is 0 Å². The summed E-state index contributed by atoms with van der Waals surface area (Å²) in [6, 6.07) is 20.4. The molecule has 9 heteroatoms. The quantitative estimate of drug-likeness (QED) is 0.586. The Labute approximate surface area is 182 Å². The maximum Gasteiger partial charge on any atom is 0.255 e. The van der Waals surface area contributed by atoms with Gasteiger partial charge in [0.1, 0.15) is 4.90 Å². The molecule has 0 aliphatic heterocycles. The largest absolute Gasteiger partial charge is 0.321 e. The van der Waals surface area contributed by atoms with Crippen molar-refractivity contribution in [3.63, 3.8) is 0 Å². The number of nitrogens with zero attached hydrogens (tertiary/aromatic N) is 1. The summed E-state index contributed by atoms with van der Waals surface area (Å²) in [5.74, 6) is -0.693. The third-order valence-electron chi connectivity index (χ3n) is 4.57. The maximum absolute atomic E-state index is 12.6. The highest BCUT2D eigenvalue weighted by molar-refractivity contribution is 7.90. The Morgan fingerprint density at radius 2 is 1.39 bits per heavy atom. The molecule has 0 aliphatic rings. The van der Waals surface area contributed by atoms with Crippen molar-refractivity contribution in [2.45, 2.75) is 15.5 Å². The summed E-state index contributed by atoms with van der Waals surface area (Å²) >= 11 is 0. The molecule has 0 aromatic heterocycles. The first-order chi connectivity index (χ1) is 14.6. The number of carbonyl (C=O) groups is 1. The van der Waals surface area contributed by atoms with Crippen molar-refractivity contribution in [3.05, 3.63) is 90.0 Å². The van der Waals surface area contributed by atoms with Gasteiger partial charge < -0.3 is 5.32 Å². The van der Waals surface area contributed by atoms with Gasteiger partial charge in [-0.1, -0.05) is 42.5 Å². The lowest BCUT2D eigenvalue weighted by Gasteiger charge is -2.15. The molecule has 0 spiro atoms. The van der Waals surface area contributed by atoms with E-state index in [1.807, 2.05) is 0 Å². The van der Waals surface area contributed by atoms with Crippen LogP contribution in [-0.2, 0) is 25.6 Å². The number of benzene rings is 3. The van der Waals surface area contributed by atoms with E-state index in [9.17, 15) is 21.6 Å². The van der Waals surface area contributed by atoms with Crippen molar-refractivity contribution >= 4 is 31.5 Å². The number of rotatable bonds is 7. The number of para-hydroxylation sites is 1. The maximum atomic E-state index is 12.6. The number of sulfone groups is 1. The molecule has 7 nitrogen and oxygen atoms in total. The van der Waals surface area contributed by atoms with Gasteiger partial charge in [0.05, 0.1) is 16.3 Å². The topological polar surface area (TPSA) is 101 Å². The normalized spacial score (nSPS) is 12.0. The van der Waals surface area contributed by atoms with Gasteiger partial charge in [-0.25, -0.2) is 21.1 Å². The summed E-state index contributed by atoms with van der Waals surface area (Å²) in [6.45, 7) is 0. The van der Waals surface area contributed by atoms with Crippen molar-refractivity contribution in [1.82, 2.24) is 4.31 Å². The van der Waals surface area contributed by atoms with Crippen LogP contribution >= 0.6 is 0 Å². The molecule has 162 valence electrons. The van der Waals surface area contributed by atoms with E-state index in [4.69, 9.17) is 0 Å². The van der Waals surface area contributed by atoms with Gasteiger partial charge in [0.2, 0.25) is 10.0 Å². The Balaban J connectivity index is 1.78. The summed E-state index contributed by atoms with van der Waals surface area (Å²) in [4.78, 5) is 12.9. The third kappa shape index (κ3) is 5.19. The van der Waals surface area contributed by atoms with Crippen LogP contribution in [0.1, 0.15) is 15.9 Å². The molecular formula is C22H22N2O5S2. The molecule has 0 fully saturated rings. The first kappa shape index (κ1) is 22.7. The molecular weight excluding hydrogens is 436 g/mol. The van der Waals surface area contributed by atoms with Crippen molar-refractivity contribution in [3.8, 4) is 0 Å². The third-order valence-corrected chi connectivity index (χ3v) is 8.15. The van der Waals surface area contributed by atoms with Gasteiger partial charge in [0.15, 0.2) is 9.84 Å². The minimum Gasteiger partial charge on any atom is -0.321 e. The molecule has 3 aromatic rings. The molecule has 0 unspecified atom stereocenters.